The standard InChI is InChI=1S/C11H13Cl2N/c12-9-6-2-5-8(10(9)13)11(14)7-3-1-4-7/h2,5-7,11H,1,3-4,14H2/t11-/m1/s1. The topological polar surface area (TPSA) is 26.0 Å². The van der Waals surface area contributed by atoms with Gasteiger partial charge >= 0.3 is 0 Å². The molecule has 1 atom stereocenters. The summed E-state index contributed by atoms with van der Waals surface area (Å²) in [5.74, 6) is 0.589. The van der Waals surface area contributed by atoms with Crippen molar-refractivity contribution in [3.05, 3.63) is 33.8 Å². The van der Waals surface area contributed by atoms with Crippen LogP contribution in [0.3, 0.4) is 0 Å². The minimum Gasteiger partial charge on any atom is -0.324 e. The number of nitrogens with two attached hydrogens (primary N) is 1. The normalized spacial score (nSPS) is 19.1. The van der Waals surface area contributed by atoms with Gasteiger partial charge in [-0.1, -0.05) is 41.8 Å². The Hall–Kier alpha value is -0.240. The summed E-state index contributed by atoms with van der Waals surface area (Å²) in [5, 5.41) is 1.22. The highest BCUT2D eigenvalue weighted by molar-refractivity contribution is 6.42. The number of benzene rings is 1. The highest BCUT2D eigenvalue weighted by Gasteiger charge is 2.27. The molecule has 0 aliphatic heterocycles. The van der Waals surface area contributed by atoms with Gasteiger partial charge in [0.1, 0.15) is 0 Å². The van der Waals surface area contributed by atoms with E-state index in [-0.39, 0.29) is 6.04 Å². The first-order valence-corrected chi connectivity index (χ1v) is 5.65. The first-order chi connectivity index (χ1) is 6.70. The van der Waals surface area contributed by atoms with Crippen LogP contribution in [-0.4, -0.2) is 0 Å². The average Bonchev–Trinajstić information content (AvgIpc) is 2.06. The Labute approximate surface area is 94.2 Å². The molecule has 1 aliphatic rings. The summed E-state index contributed by atoms with van der Waals surface area (Å²) in [6.07, 6.45) is 3.71. The summed E-state index contributed by atoms with van der Waals surface area (Å²) in [4.78, 5) is 0. The molecule has 1 aromatic rings. The SMILES string of the molecule is N[C@@H](c1cccc(Cl)c1Cl)C1CCC1. The molecule has 0 aromatic heterocycles. The van der Waals surface area contributed by atoms with Crippen LogP contribution in [0.15, 0.2) is 18.2 Å². The fourth-order valence-corrected chi connectivity index (χ4v) is 2.26. The van der Waals surface area contributed by atoms with Crippen LogP contribution in [0, 0.1) is 5.92 Å². The molecule has 1 aliphatic carbocycles. The maximum absolute atomic E-state index is 6.13. The fraction of sp³-hybridized carbons (Fsp3) is 0.455. The first kappa shape index (κ1) is 10.3. The van der Waals surface area contributed by atoms with Crippen molar-refractivity contribution < 1.29 is 0 Å². The zero-order valence-electron chi connectivity index (χ0n) is 7.84. The summed E-state index contributed by atoms with van der Waals surface area (Å²) >= 11 is 12.0. The van der Waals surface area contributed by atoms with E-state index in [0.717, 1.165) is 5.56 Å². The van der Waals surface area contributed by atoms with E-state index in [0.29, 0.717) is 16.0 Å². The molecule has 76 valence electrons. The monoisotopic (exact) mass is 229 g/mol. The molecule has 14 heavy (non-hydrogen) atoms. The van der Waals surface area contributed by atoms with E-state index in [4.69, 9.17) is 28.9 Å². The third-order valence-electron chi connectivity index (χ3n) is 3.00. The van der Waals surface area contributed by atoms with Crippen LogP contribution < -0.4 is 5.73 Å². The van der Waals surface area contributed by atoms with Crippen molar-refractivity contribution in [1.29, 1.82) is 0 Å². The van der Waals surface area contributed by atoms with Gasteiger partial charge in [-0.25, -0.2) is 0 Å². The molecule has 2 rings (SSSR count). The van der Waals surface area contributed by atoms with Crippen LogP contribution in [0.25, 0.3) is 0 Å². The van der Waals surface area contributed by atoms with Crippen molar-refractivity contribution in [2.45, 2.75) is 25.3 Å². The molecule has 0 spiro atoms. The molecule has 0 heterocycles. The maximum atomic E-state index is 6.13. The lowest BCUT2D eigenvalue weighted by Crippen LogP contribution is -2.27. The van der Waals surface area contributed by atoms with Crippen molar-refractivity contribution in [3.63, 3.8) is 0 Å². The molecule has 3 heteroatoms. The van der Waals surface area contributed by atoms with E-state index < -0.39 is 0 Å². The molecule has 0 unspecified atom stereocenters. The molecule has 0 bridgehead atoms. The van der Waals surface area contributed by atoms with Crippen LogP contribution in [0.5, 0.6) is 0 Å². The van der Waals surface area contributed by atoms with Crippen molar-refractivity contribution in [2.75, 3.05) is 0 Å². The highest BCUT2D eigenvalue weighted by Crippen LogP contribution is 2.39. The van der Waals surface area contributed by atoms with Gasteiger partial charge in [0.05, 0.1) is 10.0 Å². The molecule has 1 aromatic carbocycles. The number of halogens is 2. The lowest BCUT2D eigenvalue weighted by Gasteiger charge is -2.32. The van der Waals surface area contributed by atoms with Gasteiger partial charge in [0.2, 0.25) is 0 Å². The second kappa shape index (κ2) is 4.09. The van der Waals surface area contributed by atoms with E-state index in [1.54, 1.807) is 6.07 Å². The molecule has 0 saturated heterocycles. The van der Waals surface area contributed by atoms with Crippen molar-refractivity contribution >= 4 is 23.2 Å². The summed E-state index contributed by atoms with van der Waals surface area (Å²) < 4.78 is 0. The average molecular weight is 230 g/mol. The Bertz CT molecular complexity index is 334. The van der Waals surface area contributed by atoms with Gasteiger partial charge in [-0.3, -0.25) is 0 Å². The van der Waals surface area contributed by atoms with Gasteiger partial charge in [-0.05, 0) is 30.4 Å². The molecule has 1 fully saturated rings. The maximum Gasteiger partial charge on any atom is 0.0640 e. The lowest BCUT2D eigenvalue weighted by atomic mass is 9.77. The molecule has 0 radical (unpaired) electrons. The lowest BCUT2D eigenvalue weighted by molar-refractivity contribution is 0.264. The van der Waals surface area contributed by atoms with Crippen LogP contribution in [0.2, 0.25) is 10.0 Å². The Morgan fingerprint density at radius 2 is 2.00 bits per heavy atom. The van der Waals surface area contributed by atoms with Crippen LogP contribution >= 0.6 is 23.2 Å². The van der Waals surface area contributed by atoms with Crippen molar-refractivity contribution in [1.82, 2.24) is 0 Å². The third kappa shape index (κ3) is 1.77. The van der Waals surface area contributed by atoms with E-state index >= 15 is 0 Å². The highest BCUT2D eigenvalue weighted by atomic mass is 35.5. The van der Waals surface area contributed by atoms with Gasteiger partial charge in [0.25, 0.3) is 0 Å². The second-order valence-corrected chi connectivity index (χ2v) is 4.64. The summed E-state index contributed by atoms with van der Waals surface area (Å²) in [6, 6.07) is 5.72. The smallest absolute Gasteiger partial charge is 0.0640 e. The molecule has 2 N–H and O–H groups in total. The predicted molar refractivity (Wildman–Crippen MR) is 60.7 cm³/mol. The van der Waals surface area contributed by atoms with Crippen LogP contribution in [-0.2, 0) is 0 Å². The first-order valence-electron chi connectivity index (χ1n) is 4.89. The number of hydrogen-bond acceptors (Lipinski definition) is 1. The van der Waals surface area contributed by atoms with Gasteiger partial charge in [0.15, 0.2) is 0 Å². The third-order valence-corrected chi connectivity index (χ3v) is 3.83. The Balaban J connectivity index is 2.26. The molecule has 0 amide bonds. The predicted octanol–water partition coefficient (Wildman–Crippen LogP) is 3.79. The Morgan fingerprint density at radius 3 is 2.57 bits per heavy atom. The van der Waals surface area contributed by atoms with Crippen molar-refractivity contribution in [2.24, 2.45) is 11.7 Å². The number of hydrogen-bond donors (Lipinski definition) is 1. The van der Waals surface area contributed by atoms with Gasteiger partial charge in [-0.2, -0.15) is 0 Å². The molecular weight excluding hydrogens is 217 g/mol. The number of rotatable bonds is 2. The molecular formula is C11H13Cl2N. The Morgan fingerprint density at radius 1 is 1.29 bits per heavy atom. The molecule has 1 saturated carbocycles. The zero-order valence-corrected chi connectivity index (χ0v) is 9.35. The summed E-state index contributed by atoms with van der Waals surface area (Å²) in [5.41, 5.74) is 7.12. The fourth-order valence-electron chi connectivity index (χ4n) is 1.83. The Kier molecular flexibility index (Phi) is 3.01. The summed E-state index contributed by atoms with van der Waals surface area (Å²) in [7, 11) is 0. The van der Waals surface area contributed by atoms with Crippen LogP contribution in [0.1, 0.15) is 30.9 Å². The zero-order chi connectivity index (χ0) is 10.1. The van der Waals surface area contributed by atoms with Crippen LogP contribution in [0.4, 0.5) is 0 Å². The quantitative estimate of drug-likeness (QED) is 0.821. The van der Waals surface area contributed by atoms with E-state index in [9.17, 15) is 0 Å². The van der Waals surface area contributed by atoms with Crippen molar-refractivity contribution in [3.8, 4) is 0 Å². The summed E-state index contributed by atoms with van der Waals surface area (Å²) in [6.45, 7) is 0. The minimum absolute atomic E-state index is 0.0509. The minimum atomic E-state index is 0.0509. The second-order valence-electron chi connectivity index (χ2n) is 3.86. The van der Waals surface area contributed by atoms with Gasteiger partial charge < -0.3 is 5.73 Å². The van der Waals surface area contributed by atoms with Gasteiger partial charge in [0, 0.05) is 6.04 Å². The van der Waals surface area contributed by atoms with E-state index in [1.807, 2.05) is 12.1 Å². The molecule has 1 nitrogen and oxygen atoms in total. The van der Waals surface area contributed by atoms with E-state index in [1.165, 1.54) is 19.3 Å². The van der Waals surface area contributed by atoms with E-state index in [2.05, 4.69) is 0 Å². The largest absolute Gasteiger partial charge is 0.324 e. The van der Waals surface area contributed by atoms with Gasteiger partial charge in [-0.15, -0.1) is 0 Å².